The van der Waals surface area contributed by atoms with Crippen LogP contribution in [0.15, 0.2) is 36.7 Å². The number of nitrogens with zero attached hydrogens (tertiary/aromatic N) is 3. The summed E-state index contributed by atoms with van der Waals surface area (Å²) in [6.07, 6.45) is 3.72. The quantitative estimate of drug-likeness (QED) is 0.842. The lowest BCUT2D eigenvalue weighted by atomic mass is 10.0. The number of aliphatic hydroxyl groups is 1. The van der Waals surface area contributed by atoms with Gasteiger partial charge in [-0.1, -0.05) is 13.0 Å². The Labute approximate surface area is 123 Å². The van der Waals surface area contributed by atoms with Crippen LogP contribution in [-0.2, 0) is 0 Å². The molecule has 0 aliphatic heterocycles. The Morgan fingerprint density at radius 2 is 2.19 bits per heavy atom. The Morgan fingerprint density at radius 1 is 1.38 bits per heavy atom. The third-order valence-corrected chi connectivity index (χ3v) is 3.06. The molecule has 0 spiro atoms. The molecule has 0 fully saturated rings. The highest BCUT2D eigenvalue weighted by Gasteiger charge is 2.11. The second-order valence-corrected chi connectivity index (χ2v) is 5.23. The molecule has 0 radical (unpaired) electrons. The Morgan fingerprint density at radius 3 is 2.86 bits per heavy atom. The molecule has 0 aromatic carbocycles. The summed E-state index contributed by atoms with van der Waals surface area (Å²) in [5, 5.41) is 16.2. The summed E-state index contributed by atoms with van der Waals surface area (Å²) in [7, 11) is 0. The van der Waals surface area contributed by atoms with E-state index in [9.17, 15) is 9.90 Å². The first kappa shape index (κ1) is 15.2. The zero-order valence-corrected chi connectivity index (χ0v) is 12.2. The second kappa shape index (κ2) is 6.99. The summed E-state index contributed by atoms with van der Waals surface area (Å²) in [6, 6.07) is 7.03. The van der Waals surface area contributed by atoms with Crippen molar-refractivity contribution < 1.29 is 9.90 Å². The number of carbonyl (C=O) groups excluding carboxylic acids is 1. The van der Waals surface area contributed by atoms with Gasteiger partial charge in [0.15, 0.2) is 5.82 Å². The van der Waals surface area contributed by atoms with Gasteiger partial charge in [0.1, 0.15) is 5.69 Å². The molecule has 2 aromatic rings. The fourth-order valence-corrected chi connectivity index (χ4v) is 2.10. The minimum Gasteiger partial charge on any atom is -0.393 e. The van der Waals surface area contributed by atoms with Crippen molar-refractivity contribution in [2.24, 2.45) is 5.92 Å². The summed E-state index contributed by atoms with van der Waals surface area (Å²) < 4.78 is 1.60. The molecule has 2 aromatic heterocycles. The van der Waals surface area contributed by atoms with Gasteiger partial charge in [0, 0.05) is 18.9 Å². The van der Waals surface area contributed by atoms with Gasteiger partial charge in [-0.25, -0.2) is 9.67 Å². The van der Waals surface area contributed by atoms with Crippen molar-refractivity contribution in [3.05, 3.63) is 42.4 Å². The molecular formula is C15H20N4O2. The van der Waals surface area contributed by atoms with Crippen LogP contribution in [0.4, 0.5) is 0 Å². The third kappa shape index (κ3) is 4.39. The predicted octanol–water partition coefficient (Wildman–Crippen LogP) is 1.40. The zero-order chi connectivity index (χ0) is 15.2. The molecule has 6 nitrogen and oxygen atoms in total. The standard InChI is InChI=1S/C15H20N4O2/c1-11(9-12(2)20)10-16-15(21)13-5-3-6-14(18-13)19-8-4-7-17-19/h3-8,11-12,20H,9-10H2,1-2H3,(H,16,21). The second-order valence-electron chi connectivity index (χ2n) is 5.23. The smallest absolute Gasteiger partial charge is 0.269 e. The Bertz CT molecular complexity index is 581. The average molecular weight is 288 g/mol. The highest BCUT2D eigenvalue weighted by Crippen LogP contribution is 2.06. The number of amides is 1. The van der Waals surface area contributed by atoms with E-state index in [-0.39, 0.29) is 17.9 Å². The number of nitrogens with one attached hydrogen (secondary N) is 1. The Hall–Kier alpha value is -2.21. The molecule has 1 amide bonds. The van der Waals surface area contributed by atoms with Crippen molar-refractivity contribution in [2.75, 3.05) is 6.54 Å². The van der Waals surface area contributed by atoms with E-state index in [0.717, 1.165) is 0 Å². The topological polar surface area (TPSA) is 80.0 Å². The molecule has 0 saturated heterocycles. The predicted molar refractivity (Wildman–Crippen MR) is 79.2 cm³/mol. The van der Waals surface area contributed by atoms with E-state index in [1.807, 2.05) is 6.92 Å². The first-order valence-corrected chi connectivity index (χ1v) is 6.99. The molecule has 0 bridgehead atoms. The van der Waals surface area contributed by atoms with E-state index in [1.54, 1.807) is 48.3 Å². The summed E-state index contributed by atoms with van der Waals surface area (Å²) in [6.45, 7) is 4.24. The summed E-state index contributed by atoms with van der Waals surface area (Å²) in [4.78, 5) is 16.4. The minimum absolute atomic E-state index is 0.211. The summed E-state index contributed by atoms with van der Waals surface area (Å²) >= 11 is 0. The molecule has 0 aliphatic carbocycles. The number of rotatable bonds is 6. The summed E-state index contributed by atoms with van der Waals surface area (Å²) in [5.74, 6) is 0.592. The van der Waals surface area contributed by atoms with Gasteiger partial charge >= 0.3 is 0 Å². The maximum Gasteiger partial charge on any atom is 0.269 e. The molecule has 2 N–H and O–H groups in total. The van der Waals surface area contributed by atoms with Crippen LogP contribution in [-0.4, -0.2) is 38.4 Å². The van der Waals surface area contributed by atoms with Crippen LogP contribution in [0.1, 0.15) is 30.8 Å². The Kier molecular flexibility index (Phi) is 5.05. The van der Waals surface area contributed by atoms with Gasteiger partial charge in [-0.05, 0) is 37.5 Å². The van der Waals surface area contributed by atoms with Gasteiger partial charge < -0.3 is 10.4 Å². The van der Waals surface area contributed by atoms with Crippen LogP contribution in [0.25, 0.3) is 5.82 Å². The van der Waals surface area contributed by atoms with E-state index < -0.39 is 0 Å². The largest absolute Gasteiger partial charge is 0.393 e. The van der Waals surface area contributed by atoms with Crippen molar-refractivity contribution >= 4 is 5.91 Å². The van der Waals surface area contributed by atoms with E-state index in [0.29, 0.717) is 24.5 Å². The molecule has 2 unspecified atom stereocenters. The molecule has 2 heterocycles. The Balaban J connectivity index is 1.98. The van der Waals surface area contributed by atoms with Crippen molar-refractivity contribution in [1.82, 2.24) is 20.1 Å². The van der Waals surface area contributed by atoms with Gasteiger partial charge in [0.05, 0.1) is 6.10 Å². The maximum absolute atomic E-state index is 12.1. The number of hydrogen-bond donors (Lipinski definition) is 2. The lowest BCUT2D eigenvalue weighted by Gasteiger charge is -2.14. The van der Waals surface area contributed by atoms with Crippen LogP contribution >= 0.6 is 0 Å². The SMILES string of the molecule is CC(O)CC(C)CNC(=O)c1cccc(-n2cccn2)n1. The highest BCUT2D eigenvalue weighted by atomic mass is 16.3. The molecular weight excluding hydrogens is 268 g/mol. The van der Waals surface area contributed by atoms with Gasteiger partial charge in [-0.3, -0.25) is 4.79 Å². The monoisotopic (exact) mass is 288 g/mol. The van der Waals surface area contributed by atoms with Crippen LogP contribution in [0.5, 0.6) is 0 Å². The maximum atomic E-state index is 12.1. The van der Waals surface area contributed by atoms with Crippen molar-refractivity contribution in [3.63, 3.8) is 0 Å². The fraction of sp³-hybridized carbons (Fsp3) is 0.400. The van der Waals surface area contributed by atoms with E-state index in [1.165, 1.54) is 0 Å². The molecule has 6 heteroatoms. The van der Waals surface area contributed by atoms with Gasteiger partial charge in [0.2, 0.25) is 0 Å². The highest BCUT2D eigenvalue weighted by molar-refractivity contribution is 5.92. The van der Waals surface area contributed by atoms with Crippen molar-refractivity contribution in [3.8, 4) is 5.82 Å². The minimum atomic E-state index is -0.363. The normalized spacial score (nSPS) is 13.7. The van der Waals surface area contributed by atoms with Crippen molar-refractivity contribution in [1.29, 1.82) is 0 Å². The first-order chi connectivity index (χ1) is 10.1. The molecule has 2 rings (SSSR count). The molecule has 0 aliphatic rings. The number of aliphatic hydroxyl groups excluding tert-OH is 1. The average Bonchev–Trinajstić information content (AvgIpc) is 2.98. The fourth-order valence-electron chi connectivity index (χ4n) is 2.10. The van der Waals surface area contributed by atoms with E-state index in [4.69, 9.17) is 0 Å². The van der Waals surface area contributed by atoms with Gasteiger partial charge in [-0.15, -0.1) is 0 Å². The molecule has 21 heavy (non-hydrogen) atoms. The zero-order valence-electron chi connectivity index (χ0n) is 12.2. The number of carbonyl (C=O) groups is 1. The van der Waals surface area contributed by atoms with Crippen molar-refractivity contribution in [2.45, 2.75) is 26.4 Å². The lowest BCUT2D eigenvalue weighted by molar-refractivity contribution is 0.0934. The first-order valence-electron chi connectivity index (χ1n) is 6.99. The van der Waals surface area contributed by atoms with E-state index >= 15 is 0 Å². The van der Waals surface area contributed by atoms with E-state index in [2.05, 4.69) is 15.4 Å². The van der Waals surface area contributed by atoms with Crippen LogP contribution in [0, 0.1) is 5.92 Å². The number of hydrogen-bond acceptors (Lipinski definition) is 4. The number of pyridine rings is 1. The lowest BCUT2D eigenvalue weighted by Crippen LogP contribution is -2.30. The molecule has 112 valence electrons. The molecule has 0 saturated carbocycles. The third-order valence-electron chi connectivity index (χ3n) is 3.06. The van der Waals surface area contributed by atoms with Crippen LogP contribution < -0.4 is 5.32 Å². The van der Waals surface area contributed by atoms with Crippen LogP contribution in [0.2, 0.25) is 0 Å². The molecule has 2 atom stereocenters. The van der Waals surface area contributed by atoms with Crippen LogP contribution in [0.3, 0.4) is 0 Å². The number of aromatic nitrogens is 3. The van der Waals surface area contributed by atoms with Gasteiger partial charge in [-0.2, -0.15) is 5.10 Å². The summed E-state index contributed by atoms with van der Waals surface area (Å²) in [5.41, 5.74) is 0.354. The van der Waals surface area contributed by atoms with Gasteiger partial charge in [0.25, 0.3) is 5.91 Å².